The van der Waals surface area contributed by atoms with Gasteiger partial charge in [-0.2, -0.15) is 0 Å². The lowest BCUT2D eigenvalue weighted by Gasteiger charge is -2.50. The summed E-state index contributed by atoms with van der Waals surface area (Å²) < 4.78 is 79.5. The van der Waals surface area contributed by atoms with E-state index in [-0.39, 0.29) is 24.0 Å². The first-order valence-electron chi connectivity index (χ1n) is 29.3. The van der Waals surface area contributed by atoms with Crippen molar-refractivity contribution in [2.75, 3.05) is 66.4 Å². The van der Waals surface area contributed by atoms with E-state index in [0.717, 1.165) is 5.92 Å². The van der Waals surface area contributed by atoms with Crippen molar-refractivity contribution in [1.82, 2.24) is 4.90 Å². The maximum Gasteiger partial charge on any atom is 0.187 e. The lowest BCUT2D eigenvalue weighted by molar-refractivity contribution is -0.396. The highest BCUT2D eigenvalue weighted by atomic mass is 127. The molecule has 21 N–H and O–H groups in total. The van der Waals surface area contributed by atoms with Crippen LogP contribution in [-0.4, -0.2) is 393 Å². The number of ether oxygens (including phenoxy) is 14. The van der Waals surface area contributed by atoms with Crippen LogP contribution in [-0.2, 0) is 66.3 Å². The second-order valence-electron chi connectivity index (χ2n) is 24.7. The lowest BCUT2D eigenvalue weighted by atomic mass is 9.83. The molecule has 36 atom stereocenters. The van der Waals surface area contributed by atoms with Crippen LogP contribution < -0.4 is 0 Å². The Morgan fingerprint density at radius 3 is 0.629 bits per heavy atom. The van der Waals surface area contributed by atoms with Crippen LogP contribution in [0.3, 0.4) is 0 Å². The molecule has 0 saturated carbocycles. The van der Waals surface area contributed by atoms with E-state index in [4.69, 9.17) is 66.3 Å². The van der Waals surface area contributed by atoms with Crippen molar-refractivity contribution < 1.29 is 174 Å². The molecule has 0 aromatic carbocycles. The smallest absolute Gasteiger partial charge is 0.187 e. The molecule has 22 saturated heterocycles. The minimum Gasteiger partial charge on any atom is -0.394 e. The normalized spacial score (nSPS) is 52.0. The molecule has 0 radical (unpaired) electrons. The van der Waals surface area contributed by atoms with Gasteiger partial charge >= 0.3 is 0 Å². The molecular formula is C52H92INO35. The van der Waals surface area contributed by atoms with Crippen molar-refractivity contribution in [3.05, 3.63) is 0 Å². The molecule has 89 heavy (non-hydrogen) atoms. The van der Waals surface area contributed by atoms with Gasteiger partial charge in [0.25, 0.3) is 0 Å². The standard InChI is InChI=1S/C42H70O35.C10H21N.HI/c43-1-8-29-15(50)22(57)36(64-8)72-30-9(2-44)66-38(24(59)17(30)52)74-32-11(4-46)68-40(26(61)19(32)54)76-34-13(6-48)70-42(28(63)21(34)56)77-35-14(7-49)69-41(27(62)20(35)55)75-33-12(5-47)67-39(25(60)18(33)53)73-31-10(3-45)65-37(71-29)23(58)16(31)51;1-9-5-6-11(4)8-10(2,3)7-9;/h8-63H,1-7H2;9H,5-8H2,1-4H3;1H/t8-,9-,10-,11-,12-,13-,14-,15-,16-,17-,18-,19-,20-,21-,22-,23-,24-,25-,26-,27-,28+,29-,30-,31-,32-,33-,34-,35-,36-,37-,38-,39-,40-,41-,42-;;/m0../s1. The van der Waals surface area contributed by atoms with E-state index in [1.165, 1.54) is 25.9 Å². The van der Waals surface area contributed by atoms with Crippen LogP contribution in [0.4, 0.5) is 0 Å². The van der Waals surface area contributed by atoms with Gasteiger partial charge in [-0.15, -0.1) is 24.0 Å². The summed E-state index contributed by atoms with van der Waals surface area (Å²) >= 11 is 0. The first kappa shape index (κ1) is 75.7. The molecule has 0 spiro atoms. The van der Waals surface area contributed by atoms with Crippen LogP contribution in [0.2, 0.25) is 0 Å². The van der Waals surface area contributed by atoms with Crippen molar-refractivity contribution >= 4 is 24.0 Å². The highest BCUT2D eigenvalue weighted by Crippen LogP contribution is 2.39. The second kappa shape index (κ2) is 32.6. The molecule has 37 heteroatoms. The lowest BCUT2D eigenvalue weighted by Crippen LogP contribution is -2.68. The van der Waals surface area contributed by atoms with Crippen LogP contribution in [0.1, 0.15) is 33.6 Å². The van der Waals surface area contributed by atoms with Gasteiger partial charge in [0.05, 0.1) is 46.2 Å². The first-order chi connectivity index (χ1) is 41.6. The average molecular weight is 1420 g/mol. The molecular weight excluding hydrogens is 1330 g/mol. The van der Waals surface area contributed by atoms with Gasteiger partial charge in [0, 0.05) is 6.54 Å². The number of hydrogen-bond acceptors (Lipinski definition) is 36. The van der Waals surface area contributed by atoms with Crippen LogP contribution in [0.25, 0.3) is 0 Å². The van der Waals surface area contributed by atoms with E-state index in [1.54, 1.807) is 0 Å². The van der Waals surface area contributed by atoms with Gasteiger partial charge < -0.3 is 178 Å². The average Bonchev–Trinajstić information content (AvgIpc) is 1.14. The highest BCUT2D eigenvalue weighted by molar-refractivity contribution is 14.0. The van der Waals surface area contributed by atoms with Crippen LogP contribution >= 0.6 is 24.0 Å². The minimum atomic E-state index is -2.21. The van der Waals surface area contributed by atoms with Crippen molar-refractivity contribution in [3.63, 3.8) is 0 Å². The summed E-state index contributed by atoms with van der Waals surface area (Å²) in [6, 6.07) is 0. The van der Waals surface area contributed by atoms with E-state index in [1.807, 2.05) is 0 Å². The quantitative estimate of drug-likeness (QED) is 0.105. The summed E-state index contributed by atoms with van der Waals surface area (Å²) in [5, 5.41) is 230. The van der Waals surface area contributed by atoms with Crippen LogP contribution in [0.15, 0.2) is 0 Å². The van der Waals surface area contributed by atoms with Gasteiger partial charge in [0.15, 0.2) is 44.0 Å². The number of halogens is 1. The Kier molecular flexibility index (Phi) is 27.7. The van der Waals surface area contributed by atoms with Gasteiger partial charge in [-0.3, -0.25) is 0 Å². The Hall–Kier alpha value is -0.710. The Bertz CT molecular complexity index is 1750. The summed E-state index contributed by atoms with van der Waals surface area (Å²) in [7, 11) is 2.24. The van der Waals surface area contributed by atoms with E-state index < -0.39 is 261 Å². The van der Waals surface area contributed by atoms with E-state index in [2.05, 4.69) is 32.7 Å². The van der Waals surface area contributed by atoms with Crippen LogP contribution in [0, 0.1) is 11.3 Å². The zero-order valence-electron chi connectivity index (χ0n) is 49.0. The molecule has 22 aliphatic heterocycles. The summed E-state index contributed by atoms with van der Waals surface area (Å²) in [6.45, 7) is 2.35. The third kappa shape index (κ3) is 16.5. The minimum absolute atomic E-state index is 0. The largest absolute Gasteiger partial charge is 0.394 e. The topological polar surface area (TPSA) is 557 Å². The van der Waals surface area contributed by atoms with E-state index in [0.29, 0.717) is 5.41 Å². The Labute approximate surface area is 526 Å². The molecule has 14 bridgehead atoms. The zero-order chi connectivity index (χ0) is 64.5. The van der Waals surface area contributed by atoms with E-state index >= 15 is 0 Å². The molecule has 1 unspecified atom stereocenters. The van der Waals surface area contributed by atoms with Crippen molar-refractivity contribution in [2.24, 2.45) is 11.3 Å². The van der Waals surface area contributed by atoms with Crippen molar-refractivity contribution in [1.29, 1.82) is 0 Å². The molecule has 22 fully saturated rings. The Balaban J connectivity index is 0.000000848. The molecule has 0 amide bonds. The van der Waals surface area contributed by atoms with E-state index in [9.17, 15) is 107 Å². The van der Waals surface area contributed by atoms with Gasteiger partial charge in [0.1, 0.15) is 171 Å². The second-order valence-corrected chi connectivity index (χ2v) is 24.7. The summed E-state index contributed by atoms with van der Waals surface area (Å²) in [4.78, 5) is 2.46. The summed E-state index contributed by atoms with van der Waals surface area (Å²) in [6.07, 6.45) is -67.5. The fraction of sp³-hybridized carbons (Fsp3) is 1.00. The number of aliphatic hydroxyl groups is 21. The summed E-state index contributed by atoms with van der Waals surface area (Å²) in [5.74, 6) is 0.912. The number of aliphatic hydroxyl groups excluding tert-OH is 21. The van der Waals surface area contributed by atoms with Gasteiger partial charge in [0.2, 0.25) is 0 Å². The number of likely N-dealkylation sites (tertiary alicyclic amines) is 1. The first-order valence-corrected chi connectivity index (χ1v) is 29.3. The fourth-order valence-electron chi connectivity index (χ4n) is 12.8. The predicted octanol–water partition coefficient (Wildman–Crippen LogP) is -12.2. The highest BCUT2D eigenvalue weighted by Gasteiger charge is 2.59. The Morgan fingerprint density at radius 1 is 0.303 bits per heavy atom. The molecule has 36 nitrogen and oxygen atoms in total. The number of hydrogen-bond donors (Lipinski definition) is 21. The maximum absolute atomic E-state index is 11.3. The molecule has 522 valence electrons. The molecule has 22 aliphatic rings. The number of rotatable bonds is 7. The van der Waals surface area contributed by atoms with Crippen molar-refractivity contribution in [3.8, 4) is 0 Å². The maximum atomic E-state index is 11.3. The van der Waals surface area contributed by atoms with Gasteiger partial charge in [-0.1, -0.05) is 20.8 Å². The monoisotopic (exact) mass is 1420 g/mol. The molecule has 0 aromatic heterocycles. The molecule has 22 rings (SSSR count). The SMILES string of the molecule is CC1CCN(C)CC(C)(C)C1.I.OC[C@@H]1O[C@H]2O[C@@H]3[C@@H](O)[C@H](O)[C@H](O[C@@H]4[C@@H](O)[C@H](O)[C@H](O[C@@H]5[C@@H](O)[C@@H](O)[C@H](O[C@@H]6[C@@H](O)[C@H](O)[C@H](O[C@@H]7[C@@H](O)[C@H](O)[C@H](O[C@@H]8[C@@H](O)[C@H](O)[C@H](O[C@@H]1[C@@H](O)[C@@H]2O)O[C@H]8CO)O[C@H]7CO)O[C@H]6CO)O[C@H]5CO)O[C@H]4CO)O[C@H]3CO. The predicted molar refractivity (Wildman–Crippen MR) is 294 cm³/mol. The van der Waals surface area contributed by atoms with Crippen LogP contribution in [0.5, 0.6) is 0 Å². The Morgan fingerprint density at radius 2 is 0.472 bits per heavy atom. The molecule has 0 aromatic rings. The summed E-state index contributed by atoms with van der Waals surface area (Å²) in [5.41, 5.74) is 0.532. The third-order valence-electron chi connectivity index (χ3n) is 17.4. The zero-order valence-corrected chi connectivity index (χ0v) is 51.4. The third-order valence-corrected chi connectivity index (χ3v) is 17.4. The molecule has 22 heterocycles. The van der Waals surface area contributed by atoms with Crippen molar-refractivity contribution in [2.45, 2.75) is 249 Å². The van der Waals surface area contributed by atoms with Gasteiger partial charge in [-0.05, 0) is 37.8 Å². The van der Waals surface area contributed by atoms with Gasteiger partial charge in [-0.25, -0.2) is 0 Å². The molecule has 0 aliphatic carbocycles. The number of nitrogens with zero attached hydrogens (tertiary/aromatic N) is 1. The fourth-order valence-corrected chi connectivity index (χ4v) is 12.8.